The first-order valence-electron chi connectivity index (χ1n) is 6.20. The zero-order valence-electron chi connectivity index (χ0n) is 11.1. The van der Waals surface area contributed by atoms with Gasteiger partial charge in [-0.1, -0.05) is 0 Å². The molecule has 0 aliphatic carbocycles. The third kappa shape index (κ3) is 2.60. The molecule has 0 N–H and O–H groups in total. The minimum atomic E-state index is -0.339. The summed E-state index contributed by atoms with van der Waals surface area (Å²) in [5.74, 6) is -0.189. The number of hydrogen-bond acceptors (Lipinski definition) is 3. The van der Waals surface area contributed by atoms with Gasteiger partial charge in [0.1, 0.15) is 11.6 Å². The Morgan fingerprint density at radius 1 is 0.905 bits per heavy atom. The second kappa shape index (κ2) is 5.32. The second-order valence-corrected chi connectivity index (χ2v) is 4.32. The molecule has 0 saturated heterocycles. The number of methoxy groups -OCH3 is 1. The number of benzene rings is 2. The topological polar surface area (TPSA) is 39.9 Å². The number of halogens is 2. The van der Waals surface area contributed by atoms with Crippen LogP contribution in [-0.4, -0.2) is 21.9 Å². The molecule has 106 valence electrons. The molecule has 3 aromatic rings. The lowest BCUT2D eigenvalue weighted by Crippen LogP contribution is -2.00. The van der Waals surface area contributed by atoms with Crippen molar-refractivity contribution in [2.45, 2.75) is 0 Å². The van der Waals surface area contributed by atoms with E-state index in [4.69, 9.17) is 4.74 Å². The fourth-order valence-corrected chi connectivity index (χ4v) is 1.93. The molecule has 1 aromatic heterocycles. The van der Waals surface area contributed by atoms with Gasteiger partial charge in [-0.2, -0.15) is 4.98 Å². The lowest BCUT2D eigenvalue weighted by Gasteiger charge is -2.05. The fourth-order valence-electron chi connectivity index (χ4n) is 1.93. The maximum Gasteiger partial charge on any atom is 0.336 e. The molecule has 0 amide bonds. The summed E-state index contributed by atoms with van der Waals surface area (Å²) in [6.07, 6.45) is 0. The van der Waals surface area contributed by atoms with Crippen molar-refractivity contribution in [2.75, 3.05) is 7.11 Å². The highest BCUT2D eigenvalue weighted by molar-refractivity contribution is 5.58. The van der Waals surface area contributed by atoms with Crippen molar-refractivity contribution in [3.8, 4) is 23.1 Å². The van der Waals surface area contributed by atoms with E-state index in [1.54, 1.807) is 24.3 Å². The smallest absolute Gasteiger partial charge is 0.336 e. The lowest BCUT2D eigenvalue weighted by atomic mass is 10.2. The fraction of sp³-hybridized carbons (Fsp3) is 0.0667. The molecule has 6 heteroatoms. The molecular formula is C15H11F2N3O. The highest BCUT2D eigenvalue weighted by atomic mass is 19.1. The average molecular weight is 287 g/mol. The maximum atomic E-state index is 13.0. The highest BCUT2D eigenvalue weighted by Gasteiger charge is 2.14. The van der Waals surface area contributed by atoms with Gasteiger partial charge in [-0.05, 0) is 48.5 Å². The van der Waals surface area contributed by atoms with Crippen LogP contribution in [0, 0.1) is 11.6 Å². The molecular weight excluding hydrogens is 276 g/mol. The van der Waals surface area contributed by atoms with Gasteiger partial charge in [-0.25, -0.2) is 13.5 Å². The van der Waals surface area contributed by atoms with E-state index in [0.717, 1.165) is 0 Å². The lowest BCUT2D eigenvalue weighted by molar-refractivity contribution is 0.380. The Hall–Kier alpha value is -2.76. The van der Waals surface area contributed by atoms with Gasteiger partial charge in [0.25, 0.3) is 0 Å². The number of hydrogen-bond donors (Lipinski definition) is 0. The van der Waals surface area contributed by atoms with Crippen LogP contribution in [0.4, 0.5) is 8.78 Å². The third-order valence-electron chi connectivity index (χ3n) is 2.94. The molecule has 3 rings (SSSR count). The molecule has 4 nitrogen and oxygen atoms in total. The number of nitrogens with zero attached hydrogens (tertiary/aromatic N) is 3. The Kier molecular flexibility index (Phi) is 3.35. The van der Waals surface area contributed by atoms with Crippen molar-refractivity contribution in [1.29, 1.82) is 0 Å². The van der Waals surface area contributed by atoms with Gasteiger partial charge in [0.05, 0.1) is 12.8 Å². The second-order valence-electron chi connectivity index (χ2n) is 4.32. The first-order valence-corrected chi connectivity index (χ1v) is 6.20. The van der Waals surface area contributed by atoms with E-state index in [-0.39, 0.29) is 17.6 Å². The van der Waals surface area contributed by atoms with Crippen molar-refractivity contribution in [3.05, 3.63) is 60.2 Å². The molecule has 0 radical (unpaired) electrons. The van der Waals surface area contributed by atoms with E-state index in [1.807, 2.05) is 0 Å². The van der Waals surface area contributed by atoms with Gasteiger partial charge in [-0.15, -0.1) is 5.10 Å². The molecule has 2 aromatic carbocycles. The number of ether oxygens (including phenoxy) is 1. The summed E-state index contributed by atoms with van der Waals surface area (Å²) in [4.78, 5) is 4.24. The maximum absolute atomic E-state index is 13.0. The molecule has 0 saturated carbocycles. The largest absolute Gasteiger partial charge is 0.466 e. The normalized spacial score (nSPS) is 10.6. The number of rotatable bonds is 3. The van der Waals surface area contributed by atoms with Gasteiger partial charge in [0, 0.05) is 5.56 Å². The van der Waals surface area contributed by atoms with E-state index in [1.165, 1.54) is 36.1 Å². The molecule has 21 heavy (non-hydrogen) atoms. The van der Waals surface area contributed by atoms with Gasteiger partial charge < -0.3 is 4.74 Å². The minimum absolute atomic E-state index is 0.179. The van der Waals surface area contributed by atoms with Gasteiger partial charge in [0.15, 0.2) is 5.82 Å². The molecule has 0 fully saturated rings. The quantitative estimate of drug-likeness (QED) is 0.742. The molecule has 1 heterocycles. The summed E-state index contributed by atoms with van der Waals surface area (Å²) in [5, 5.41) is 4.19. The summed E-state index contributed by atoms with van der Waals surface area (Å²) in [6.45, 7) is 0. The van der Waals surface area contributed by atoms with Crippen molar-refractivity contribution < 1.29 is 13.5 Å². The Balaban J connectivity index is 2.13. The van der Waals surface area contributed by atoms with Crippen LogP contribution in [0.1, 0.15) is 0 Å². The van der Waals surface area contributed by atoms with Crippen molar-refractivity contribution in [1.82, 2.24) is 14.8 Å². The van der Waals surface area contributed by atoms with Crippen LogP contribution in [-0.2, 0) is 0 Å². The van der Waals surface area contributed by atoms with Crippen LogP contribution >= 0.6 is 0 Å². The van der Waals surface area contributed by atoms with Crippen molar-refractivity contribution in [2.24, 2.45) is 0 Å². The first kappa shape index (κ1) is 13.2. The first-order chi connectivity index (χ1) is 10.2. The van der Waals surface area contributed by atoms with E-state index >= 15 is 0 Å². The monoisotopic (exact) mass is 287 g/mol. The standard InChI is InChI=1S/C15H11F2N3O/c1-21-15-18-14(10-2-4-11(16)5-3-10)20(19-15)13-8-6-12(17)7-9-13/h2-9H,1H3. The highest BCUT2D eigenvalue weighted by Crippen LogP contribution is 2.23. The Labute approximate surface area is 119 Å². The minimum Gasteiger partial charge on any atom is -0.466 e. The molecule has 0 spiro atoms. The van der Waals surface area contributed by atoms with Crippen LogP contribution in [0.5, 0.6) is 6.01 Å². The summed E-state index contributed by atoms with van der Waals surface area (Å²) < 4.78 is 32.6. The van der Waals surface area contributed by atoms with Crippen LogP contribution < -0.4 is 4.74 Å². The predicted octanol–water partition coefficient (Wildman–Crippen LogP) is 3.22. The van der Waals surface area contributed by atoms with Crippen LogP contribution in [0.2, 0.25) is 0 Å². The Morgan fingerprint density at radius 2 is 1.48 bits per heavy atom. The van der Waals surface area contributed by atoms with Crippen LogP contribution in [0.3, 0.4) is 0 Å². The van der Waals surface area contributed by atoms with Gasteiger partial charge >= 0.3 is 6.01 Å². The zero-order valence-corrected chi connectivity index (χ0v) is 11.1. The predicted molar refractivity (Wildman–Crippen MR) is 73.3 cm³/mol. The Bertz CT molecular complexity index is 689. The summed E-state index contributed by atoms with van der Waals surface area (Å²) >= 11 is 0. The van der Waals surface area contributed by atoms with Crippen molar-refractivity contribution >= 4 is 0 Å². The van der Waals surface area contributed by atoms with E-state index in [9.17, 15) is 8.78 Å². The number of aromatic nitrogens is 3. The molecule has 0 bridgehead atoms. The summed E-state index contributed by atoms with van der Waals surface area (Å²) in [5.41, 5.74) is 1.31. The van der Waals surface area contributed by atoms with Crippen LogP contribution in [0.25, 0.3) is 17.1 Å². The van der Waals surface area contributed by atoms with Gasteiger partial charge in [-0.3, -0.25) is 0 Å². The molecule has 0 aliphatic rings. The zero-order chi connectivity index (χ0) is 14.8. The average Bonchev–Trinajstić information content (AvgIpc) is 2.93. The van der Waals surface area contributed by atoms with E-state index in [0.29, 0.717) is 17.1 Å². The molecule has 0 unspecified atom stereocenters. The van der Waals surface area contributed by atoms with Crippen molar-refractivity contribution in [3.63, 3.8) is 0 Å². The summed E-state index contributed by atoms with van der Waals surface area (Å²) in [6, 6.07) is 11.9. The third-order valence-corrected chi connectivity index (χ3v) is 2.94. The molecule has 0 atom stereocenters. The van der Waals surface area contributed by atoms with Crippen LogP contribution in [0.15, 0.2) is 48.5 Å². The Morgan fingerprint density at radius 3 is 2.05 bits per heavy atom. The van der Waals surface area contributed by atoms with E-state index in [2.05, 4.69) is 10.1 Å². The van der Waals surface area contributed by atoms with Gasteiger partial charge in [0.2, 0.25) is 0 Å². The summed E-state index contributed by atoms with van der Waals surface area (Å²) in [7, 11) is 1.46. The molecule has 0 aliphatic heterocycles. The SMILES string of the molecule is COc1nc(-c2ccc(F)cc2)n(-c2ccc(F)cc2)n1. The van der Waals surface area contributed by atoms with E-state index < -0.39 is 0 Å².